The third-order valence-electron chi connectivity index (χ3n) is 4.17. The van der Waals surface area contributed by atoms with Gasteiger partial charge < -0.3 is 10.1 Å². The highest BCUT2D eigenvalue weighted by atomic mass is 35.5. The number of amides is 2. The number of halogens is 3. The zero-order valence-corrected chi connectivity index (χ0v) is 19.1. The normalized spacial score (nSPS) is 10.6. The molecule has 2 amide bonds. The molecule has 2 N–H and O–H groups in total. The van der Waals surface area contributed by atoms with Crippen LogP contribution in [0.15, 0.2) is 71.8 Å². The van der Waals surface area contributed by atoms with E-state index < -0.39 is 17.8 Å². The van der Waals surface area contributed by atoms with E-state index in [0.29, 0.717) is 21.4 Å². The van der Waals surface area contributed by atoms with Crippen LogP contribution >= 0.6 is 34.8 Å². The van der Waals surface area contributed by atoms with E-state index in [0.717, 1.165) is 0 Å². The molecule has 0 heterocycles. The van der Waals surface area contributed by atoms with E-state index in [1.165, 1.54) is 18.3 Å². The maximum absolute atomic E-state index is 12.2. The first-order valence-corrected chi connectivity index (χ1v) is 10.6. The topological polar surface area (TPSA) is 96.9 Å². The Morgan fingerprint density at radius 3 is 2.30 bits per heavy atom. The zero-order valence-electron chi connectivity index (χ0n) is 16.8. The highest BCUT2D eigenvalue weighted by Gasteiger charge is 2.13. The molecule has 0 atom stereocenters. The molecule has 0 spiro atoms. The minimum absolute atomic E-state index is 0.190. The van der Waals surface area contributed by atoms with E-state index in [4.69, 9.17) is 39.5 Å². The predicted molar refractivity (Wildman–Crippen MR) is 127 cm³/mol. The van der Waals surface area contributed by atoms with Gasteiger partial charge in [0.1, 0.15) is 5.75 Å². The lowest BCUT2D eigenvalue weighted by Crippen LogP contribution is -2.35. The van der Waals surface area contributed by atoms with Gasteiger partial charge in [0.05, 0.1) is 33.9 Å². The number of carbonyl (C=O) groups excluding carboxylic acids is 3. The van der Waals surface area contributed by atoms with E-state index >= 15 is 0 Å². The van der Waals surface area contributed by atoms with Crippen molar-refractivity contribution in [3.8, 4) is 5.75 Å². The number of hydrogen-bond donors (Lipinski definition) is 2. The number of hydrogen-bond acceptors (Lipinski definition) is 5. The molecule has 33 heavy (non-hydrogen) atoms. The van der Waals surface area contributed by atoms with Crippen LogP contribution in [-0.4, -0.2) is 30.5 Å². The highest BCUT2D eigenvalue weighted by molar-refractivity contribution is 6.36. The number of hydrazone groups is 1. The standard InChI is InChI=1S/C23H16Cl3N3O4/c24-15-7-10-18(20(26)11-15)23(32)33-16-8-5-14(6-9-16)12-28-29-21(30)13-27-22(31)17-3-1-2-4-19(17)25/h1-12H,13H2,(H,27,31)(H,29,30)/b28-12+. The lowest BCUT2D eigenvalue weighted by Gasteiger charge is -2.06. The number of benzene rings is 3. The minimum atomic E-state index is -0.621. The van der Waals surface area contributed by atoms with Crippen molar-refractivity contribution in [3.63, 3.8) is 0 Å². The molecule has 10 heteroatoms. The van der Waals surface area contributed by atoms with Gasteiger partial charge in [0, 0.05) is 5.02 Å². The summed E-state index contributed by atoms with van der Waals surface area (Å²) >= 11 is 17.8. The summed E-state index contributed by atoms with van der Waals surface area (Å²) in [6.45, 7) is -0.274. The molecule has 3 rings (SSSR count). The Hall–Kier alpha value is -3.39. The quantitative estimate of drug-likeness (QED) is 0.210. The fourth-order valence-corrected chi connectivity index (χ4v) is 3.27. The predicted octanol–water partition coefficient (Wildman–Crippen LogP) is 4.75. The number of ether oxygens (including phenoxy) is 1. The maximum Gasteiger partial charge on any atom is 0.345 e. The molecule has 0 saturated heterocycles. The molecule has 168 valence electrons. The monoisotopic (exact) mass is 503 g/mol. The largest absolute Gasteiger partial charge is 0.423 e. The summed E-state index contributed by atoms with van der Waals surface area (Å²) < 4.78 is 5.29. The van der Waals surface area contributed by atoms with Gasteiger partial charge in [0.25, 0.3) is 11.8 Å². The van der Waals surface area contributed by atoms with Crippen LogP contribution in [0.1, 0.15) is 26.3 Å². The Morgan fingerprint density at radius 1 is 0.879 bits per heavy atom. The van der Waals surface area contributed by atoms with Gasteiger partial charge in [-0.3, -0.25) is 9.59 Å². The molecule has 0 fully saturated rings. The summed E-state index contributed by atoms with van der Waals surface area (Å²) in [7, 11) is 0. The van der Waals surface area contributed by atoms with Crippen molar-refractivity contribution in [3.05, 3.63) is 98.5 Å². The summed E-state index contributed by atoms with van der Waals surface area (Å²) in [4.78, 5) is 36.1. The smallest absolute Gasteiger partial charge is 0.345 e. The van der Waals surface area contributed by atoms with Gasteiger partial charge in [0.2, 0.25) is 0 Å². The molecule has 0 aliphatic heterocycles. The van der Waals surface area contributed by atoms with Crippen molar-refractivity contribution in [2.24, 2.45) is 5.10 Å². The molecular weight excluding hydrogens is 489 g/mol. The van der Waals surface area contributed by atoms with E-state index in [1.807, 2.05) is 0 Å². The highest BCUT2D eigenvalue weighted by Crippen LogP contribution is 2.23. The minimum Gasteiger partial charge on any atom is -0.423 e. The van der Waals surface area contributed by atoms with Crippen LogP contribution in [0, 0.1) is 0 Å². The lowest BCUT2D eigenvalue weighted by atomic mass is 10.2. The first-order valence-electron chi connectivity index (χ1n) is 9.45. The Labute approximate surface area is 204 Å². The Morgan fingerprint density at radius 2 is 1.61 bits per heavy atom. The van der Waals surface area contributed by atoms with E-state index in [1.54, 1.807) is 54.6 Å². The van der Waals surface area contributed by atoms with Crippen molar-refractivity contribution in [1.82, 2.24) is 10.7 Å². The van der Waals surface area contributed by atoms with Gasteiger partial charge >= 0.3 is 5.97 Å². The SMILES string of the molecule is O=C(CNC(=O)c1ccccc1Cl)N/N=C/c1ccc(OC(=O)c2ccc(Cl)cc2Cl)cc1. The van der Waals surface area contributed by atoms with Gasteiger partial charge in [-0.1, -0.05) is 46.9 Å². The number of carbonyl (C=O) groups is 3. The van der Waals surface area contributed by atoms with E-state index in [2.05, 4.69) is 15.8 Å². The van der Waals surface area contributed by atoms with Crippen LogP contribution in [0.5, 0.6) is 5.75 Å². The van der Waals surface area contributed by atoms with Crippen LogP contribution in [0.3, 0.4) is 0 Å². The first kappa shape index (κ1) is 24.3. The zero-order chi connectivity index (χ0) is 23.8. The second-order valence-corrected chi connectivity index (χ2v) is 7.79. The summed E-state index contributed by atoms with van der Waals surface area (Å²) in [6, 6.07) is 17.4. The van der Waals surface area contributed by atoms with Gasteiger partial charge in [-0.05, 0) is 60.2 Å². The number of nitrogens with zero attached hydrogens (tertiary/aromatic N) is 1. The fourth-order valence-electron chi connectivity index (χ4n) is 2.56. The molecule has 0 saturated carbocycles. The van der Waals surface area contributed by atoms with Crippen molar-refractivity contribution in [1.29, 1.82) is 0 Å². The number of rotatable bonds is 7. The number of nitrogens with one attached hydrogen (secondary N) is 2. The van der Waals surface area contributed by atoms with Gasteiger partial charge in [-0.15, -0.1) is 0 Å². The second kappa shape index (κ2) is 11.5. The molecule has 0 unspecified atom stereocenters. The average molecular weight is 505 g/mol. The summed E-state index contributed by atoms with van der Waals surface area (Å²) in [5.41, 5.74) is 3.41. The number of esters is 1. The Kier molecular flexibility index (Phi) is 8.43. The summed E-state index contributed by atoms with van der Waals surface area (Å²) in [6.07, 6.45) is 1.40. The third kappa shape index (κ3) is 7.05. The van der Waals surface area contributed by atoms with Gasteiger partial charge in [0.15, 0.2) is 0 Å². The average Bonchev–Trinajstić information content (AvgIpc) is 2.79. The summed E-state index contributed by atoms with van der Waals surface area (Å²) in [5, 5.41) is 7.18. The van der Waals surface area contributed by atoms with Crippen LogP contribution in [0.25, 0.3) is 0 Å². The fraction of sp³-hybridized carbons (Fsp3) is 0.0435. The van der Waals surface area contributed by atoms with Crippen molar-refractivity contribution in [2.45, 2.75) is 0 Å². The molecule has 3 aromatic carbocycles. The molecule has 0 aliphatic carbocycles. The van der Waals surface area contributed by atoms with Crippen LogP contribution < -0.4 is 15.5 Å². The van der Waals surface area contributed by atoms with Gasteiger partial charge in [-0.2, -0.15) is 5.10 Å². The maximum atomic E-state index is 12.2. The summed E-state index contributed by atoms with van der Waals surface area (Å²) in [5.74, 6) is -1.31. The van der Waals surface area contributed by atoms with Crippen LogP contribution in [-0.2, 0) is 4.79 Å². The molecule has 7 nitrogen and oxygen atoms in total. The van der Waals surface area contributed by atoms with Gasteiger partial charge in [-0.25, -0.2) is 10.2 Å². The van der Waals surface area contributed by atoms with Crippen molar-refractivity contribution in [2.75, 3.05) is 6.54 Å². The first-order chi connectivity index (χ1) is 15.8. The lowest BCUT2D eigenvalue weighted by molar-refractivity contribution is -0.120. The molecule has 0 aromatic heterocycles. The second-order valence-electron chi connectivity index (χ2n) is 6.54. The van der Waals surface area contributed by atoms with Crippen LogP contribution in [0.2, 0.25) is 15.1 Å². The molecule has 0 radical (unpaired) electrons. The van der Waals surface area contributed by atoms with E-state index in [-0.39, 0.29) is 22.7 Å². The van der Waals surface area contributed by atoms with Crippen molar-refractivity contribution >= 4 is 58.8 Å². The Balaban J connectivity index is 1.47. The van der Waals surface area contributed by atoms with Crippen LogP contribution in [0.4, 0.5) is 0 Å². The van der Waals surface area contributed by atoms with E-state index in [9.17, 15) is 14.4 Å². The molecule has 3 aromatic rings. The van der Waals surface area contributed by atoms with Crippen molar-refractivity contribution < 1.29 is 19.1 Å². The third-order valence-corrected chi connectivity index (χ3v) is 5.05. The molecule has 0 bridgehead atoms. The Bertz CT molecular complexity index is 1210. The molecular formula is C23H16Cl3N3O4. The molecule has 0 aliphatic rings.